The van der Waals surface area contributed by atoms with Crippen LogP contribution in [-0.2, 0) is 0 Å². The first-order valence-corrected chi connectivity index (χ1v) is 6.58. The van der Waals surface area contributed by atoms with Crippen LogP contribution in [0.2, 0.25) is 0 Å². The summed E-state index contributed by atoms with van der Waals surface area (Å²) in [6.45, 7) is 5.47. The predicted molar refractivity (Wildman–Crippen MR) is 66.0 cm³/mol. The van der Waals surface area contributed by atoms with Gasteiger partial charge in [-0.2, -0.15) is 0 Å². The lowest BCUT2D eigenvalue weighted by molar-refractivity contribution is -0.0986. The summed E-state index contributed by atoms with van der Waals surface area (Å²) in [4.78, 5) is 2.54. The number of rotatable bonds is 1. The zero-order valence-corrected chi connectivity index (χ0v) is 10.4. The van der Waals surface area contributed by atoms with E-state index in [1.54, 1.807) is 0 Å². The van der Waals surface area contributed by atoms with E-state index in [1.807, 2.05) is 0 Å². The zero-order chi connectivity index (χ0) is 11.8. The Labute approximate surface area is 99.0 Å². The minimum absolute atomic E-state index is 0.294. The molecule has 0 aromatic heterocycles. The van der Waals surface area contributed by atoms with E-state index in [4.69, 9.17) is 6.42 Å². The van der Waals surface area contributed by atoms with Crippen LogP contribution in [0.5, 0.6) is 0 Å². The Hall–Kier alpha value is -0.520. The number of hydrogen-bond acceptors (Lipinski definition) is 2. The van der Waals surface area contributed by atoms with Crippen LogP contribution in [0.3, 0.4) is 0 Å². The SMILES string of the molecule is C#C[C@]1(O)C[C@H](C)N(CC)[C@@H]2CCCC[C@H]21. The van der Waals surface area contributed by atoms with Crippen molar-refractivity contribution >= 4 is 0 Å². The van der Waals surface area contributed by atoms with E-state index in [1.165, 1.54) is 19.3 Å². The topological polar surface area (TPSA) is 23.5 Å². The molecule has 0 radical (unpaired) electrons. The van der Waals surface area contributed by atoms with E-state index in [2.05, 4.69) is 24.7 Å². The normalized spacial score (nSPS) is 44.8. The average Bonchev–Trinajstić information content (AvgIpc) is 2.30. The number of fused-ring (bicyclic) bond motifs is 1. The smallest absolute Gasteiger partial charge is 0.131 e. The molecule has 1 saturated heterocycles. The molecule has 16 heavy (non-hydrogen) atoms. The van der Waals surface area contributed by atoms with Gasteiger partial charge in [-0.05, 0) is 26.3 Å². The van der Waals surface area contributed by atoms with Gasteiger partial charge in [0.2, 0.25) is 0 Å². The van der Waals surface area contributed by atoms with Crippen LogP contribution in [0.25, 0.3) is 0 Å². The van der Waals surface area contributed by atoms with Crippen LogP contribution in [-0.4, -0.2) is 34.2 Å². The third-order valence-corrected chi connectivity index (χ3v) is 4.56. The molecule has 2 rings (SSSR count). The maximum atomic E-state index is 10.6. The molecule has 2 aliphatic rings. The highest BCUT2D eigenvalue weighted by Gasteiger charge is 2.49. The highest BCUT2D eigenvalue weighted by atomic mass is 16.3. The summed E-state index contributed by atoms with van der Waals surface area (Å²) in [5, 5.41) is 10.6. The van der Waals surface area contributed by atoms with Crippen molar-refractivity contribution in [2.75, 3.05) is 6.54 Å². The molecule has 0 bridgehead atoms. The van der Waals surface area contributed by atoms with E-state index in [9.17, 15) is 5.11 Å². The van der Waals surface area contributed by atoms with Gasteiger partial charge in [0.1, 0.15) is 5.60 Å². The van der Waals surface area contributed by atoms with Gasteiger partial charge in [-0.3, -0.25) is 4.90 Å². The molecule has 1 aliphatic carbocycles. The molecule has 1 heterocycles. The summed E-state index contributed by atoms with van der Waals surface area (Å²) >= 11 is 0. The van der Waals surface area contributed by atoms with Crippen LogP contribution < -0.4 is 0 Å². The lowest BCUT2D eigenvalue weighted by Crippen LogP contribution is -2.61. The van der Waals surface area contributed by atoms with Crippen molar-refractivity contribution in [3.05, 3.63) is 0 Å². The first-order chi connectivity index (χ1) is 7.62. The minimum atomic E-state index is -0.851. The summed E-state index contributed by atoms with van der Waals surface area (Å²) in [6, 6.07) is 0.911. The van der Waals surface area contributed by atoms with Crippen LogP contribution in [0.15, 0.2) is 0 Å². The highest BCUT2D eigenvalue weighted by molar-refractivity contribution is 5.17. The molecule has 0 spiro atoms. The molecular weight excluding hydrogens is 198 g/mol. The Morgan fingerprint density at radius 1 is 1.44 bits per heavy atom. The van der Waals surface area contributed by atoms with Gasteiger partial charge < -0.3 is 5.11 Å². The zero-order valence-electron chi connectivity index (χ0n) is 10.4. The fraction of sp³-hybridized carbons (Fsp3) is 0.857. The van der Waals surface area contributed by atoms with E-state index < -0.39 is 5.60 Å². The number of aliphatic hydroxyl groups is 1. The van der Waals surface area contributed by atoms with Crippen molar-refractivity contribution in [3.63, 3.8) is 0 Å². The van der Waals surface area contributed by atoms with Gasteiger partial charge in [0.15, 0.2) is 0 Å². The number of likely N-dealkylation sites (tertiary alicyclic amines) is 1. The maximum Gasteiger partial charge on any atom is 0.131 e. The van der Waals surface area contributed by atoms with Crippen molar-refractivity contribution < 1.29 is 5.11 Å². The quantitative estimate of drug-likeness (QED) is 0.685. The molecule has 2 heteroatoms. The molecule has 1 saturated carbocycles. The third kappa shape index (κ3) is 1.77. The molecule has 0 aromatic carbocycles. The van der Waals surface area contributed by atoms with Gasteiger partial charge in [-0.25, -0.2) is 0 Å². The summed E-state index contributed by atoms with van der Waals surface area (Å²) in [5.74, 6) is 2.98. The van der Waals surface area contributed by atoms with Crippen LogP contribution in [0, 0.1) is 18.3 Å². The second-order valence-corrected chi connectivity index (χ2v) is 5.41. The minimum Gasteiger partial charge on any atom is -0.377 e. The van der Waals surface area contributed by atoms with Crippen molar-refractivity contribution in [1.29, 1.82) is 0 Å². The van der Waals surface area contributed by atoms with Crippen LogP contribution >= 0.6 is 0 Å². The number of hydrogen-bond donors (Lipinski definition) is 1. The van der Waals surface area contributed by atoms with Crippen LogP contribution in [0.4, 0.5) is 0 Å². The number of nitrogens with zero attached hydrogens (tertiary/aromatic N) is 1. The maximum absolute atomic E-state index is 10.6. The lowest BCUT2D eigenvalue weighted by atomic mass is 9.67. The van der Waals surface area contributed by atoms with Gasteiger partial charge in [0.05, 0.1) is 0 Å². The van der Waals surface area contributed by atoms with E-state index in [0.29, 0.717) is 18.0 Å². The van der Waals surface area contributed by atoms with Crippen molar-refractivity contribution in [3.8, 4) is 12.3 Å². The largest absolute Gasteiger partial charge is 0.377 e. The Bertz CT molecular complexity index is 296. The number of piperidine rings is 1. The van der Waals surface area contributed by atoms with E-state index >= 15 is 0 Å². The van der Waals surface area contributed by atoms with Gasteiger partial charge in [0, 0.05) is 24.4 Å². The fourth-order valence-electron chi connectivity index (χ4n) is 3.82. The number of terminal acetylenes is 1. The third-order valence-electron chi connectivity index (χ3n) is 4.56. The van der Waals surface area contributed by atoms with Gasteiger partial charge >= 0.3 is 0 Å². The molecule has 0 amide bonds. The molecule has 0 aromatic rings. The second kappa shape index (κ2) is 4.39. The van der Waals surface area contributed by atoms with Crippen molar-refractivity contribution in [1.82, 2.24) is 4.90 Å². The monoisotopic (exact) mass is 221 g/mol. The molecule has 0 unspecified atom stereocenters. The van der Waals surface area contributed by atoms with Crippen LogP contribution in [0.1, 0.15) is 46.0 Å². The Morgan fingerprint density at radius 2 is 2.12 bits per heavy atom. The first kappa shape index (κ1) is 12.0. The summed E-state index contributed by atoms with van der Waals surface area (Å²) in [6.07, 6.45) is 11.1. The highest BCUT2D eigenvalue weighted by Crippen LogP contribution is 2.43. The summed E-state index contributed by atoms with van der Waals surface area (Å²) < 4.78 is 0. The lowest BCUT2D eigenvalue weighted by Gasteiger charge is -2.53. The Morgan fingerprint density at radius 3 is 2.75 bits per heavy atom. The van der Waals surface area contributed by atoms with E-state index in [-0.39, 0.29) is 0 Å². The fourth-order valence-corrected chi connectivity index (χ4v) is 3.82. The van der Waals surface area contributed by atoms with E-state index in [0.717, 1.165) is 19.4 Å². The summed E-state index contributed by atoms with van der Waals surface area (Å²) in [5.41, 5.74) is -0.851. The van der Waals surface area contributed by atoms with Crippen molar-refractivity contribution in [2.45, 2.75) is 63.6 Å². The van der Waals surface area contributed by atoms with Gasteiger partial charge in [-0.1, -0.05) is 25.7 Å². The molecule has 2 fully saturated rings. The molecule has 1 N–H and O–H groups in total. The molecular formula is C14H23NO. The Balaban J connectivity index is 2.27. The Kier molecular flexibility index (Phi) is 3.28. The molecule has 90 valence electrons. The molecule has 2 nitrogen and oxygen atoms in total. The summed E-state index contributed by atoms with van der Waals surface area (Å²) in [7, 11) is 0. The van der Waals surface area contributed by atoms with Gasteiger partial charge in [-0.15, -0.1) is 6.42 Å². The standard InChI is InChI=1S/C14H23NO/c1-4-14(16)10-11(3)15(5-2)13-9-7-6-8-12(13)14/h1,11-13,16H,5-10H2,2-3H3/t11-,12+,13+,14-/m0/s1. The predicted octanol–water partition coefficient (Wildman–Crippen LogP) is 2.02. The second-order valence-electron chi connectivity index (χ2n) is 5.41. The molecule has 4 atom stereocenters. The molecule has 1 aliphatic heterocycles. The first-order valence-electron chi connectivity index (χ1n) is 6.58. The average molecular weight is 221 g/mol. The van der Waals surface area contributed by atoms with Gasteiger partial charge in [0.25, 0.3) is 0 Å². The van der Waals surface area contributed by atoms with Crippen molar-refractivity contribution in [2.24, 2.45) is 5.92 Å².